The van der Waals surface area contributed by atoms with Crippen LogP contribution >= 0.6 is 0 Å². The number of carbonyl (C=O) groups is 1. The van der Waals surface area contributed by atoms with Gasteiger partial charge in [0.15, 0.2) is 13.6 Å². The normalized spacial score (nSPS) is 10.6. The lowest BCUT2D eigenvalue weighted by Crippen LogP contribution is -2.10. The third kappa shape index (κ3) is 5.90. The van der Waals surface area contributed by atoms with Crippen molar-refractivity contribution in [2.45, 2.75) is 6.42 Å². The Labute approximate surface area is 185 Å². The maximum absolute atomic E-state index is 12.0. The van der Waals surface area contributed by atoms with Gasteiger partial charge in [0.1, 0.15) is 28.6 Å². The molecule has 0 saturated carbocycles. The first-order chi connectivity index (χ1) is 15.5. The summed E-state index contributed by atoms with van der Waals surface area (Å²) < 4.78 is 26.0. The summed E-state index contributed by atoms with van der Waals surface area (Å²) in [5, 5.41) is 20.0. The van der Waals surface area contributed by atoms with Gasteiger partial charge in [0.05, 0.1) is 18.5 Å². The van der Waals surface area contributed by atoms with Gasteiger partial charge in [-0.15, -0.1) is 0 Å². The molecule has 0 aliphatic carbocycles. The van der Waals surface area contributed by atoms with Crippen LogP contribution in [0.4, 0.5) is 11.5 Å². The van der Waals surface area contributed by atoms with Crippen molar-refractivity contribution < 1.29 is 33.6 Å². The van der Waals surface area contributed by atoms with Gasteiger partial charge < -0.3 is 34.1 Å². The molecule has 3 rings (SSSR count). The van der Waals surface area contributed by atoms with E-state index in [1.165, 1.54) is 20.3 Å². The van der Waals surface area contributed by atoms with Gasteiger partial charge in [0.2, 0.25) is 0 Å². The highest BCUT2D eigenvalue weighted by atomic mass is 16.7. The number of benzene rings is 2. The first kappa shape index (κ1) is 22.9. The second-order valence-electron chi connectivity index (χ2n) is 6.68. The topological polar surface area (TPSA) is 124 Å². The van der Waals surface area contributed by atoms with Crippen LogP contribution in [0.1, 0.15) is 21.6 Å². The van der Waals surface area contributed by atoms with E-state index in [-0.39, 0.29) is 30.6 Å². The van der Waals surface area contributed by atoms with Gasteiger partial charge in [-0.3, -0.25) is 5.10 Å². The summed E-state index contributed by atoms with van der Waals surface area (Å²) in [5.74, 6) is 0.548. The molecule has 0 unspecified atom stereocenters. The quantitative estimate of drug-likeness (QED) is 0.361. The Kier molecular flexibility index (Phi) is 7.90. The van der Waals surface area contributed by atoms with Gasteiger partial charge in [-0.1, -0.05) is 12.1 Å². The molecule has 0 fully saturated rings. The van der Waals surface area contributed by atoms with Gasteiger partial charge in [-0.05, 0) is 17.7 Å². The number of H-pyrrole nitrogens is 1. The lowest BCUT2D eigenvalue weighted by Gasteiger charge is -2.16. The van der Waals surface area contributed by atoms with Gasteiger partial charge in [-0.2, -0.15) is 5.10 Å². The Hall–Kier alpha value is -3.76. The van der Waals surface area contributed by atoms with E-state index in [9.17, 15) is 9.90 Å². The summed E-state index contributed by atoms with van der Waals surface area (Å²) in [6.07, 6.45) is 0.570. The van der Waals surface area contributed by atoms with Crippen LogP contribution < -0.4 is 19.5 Å². The molecule has 1 aromatic heterocycles. The highest BCUT2D eigenvalue weighted by Crippen LogP contribution is 2.34. The molecule has 10 heteroatoms. The Bertz CT molecular complexity index is 1050. The number of carboxylic acids is 1. The predicted octanol–water partition coefficient (Wildman–Crippen LogP) is 3.42. The van der Waals surface area contributed by atoms with E-state index in [2.05, 4.69) is 15.5 Å². The predicted molar refractivity (Wildman–Crippen MR) is 116 cm³/mol. The van der Waals surface area contributed by atoms with Gasteiger partial charge in [0.25, 0.3) is 0 Å². The number of rotatable bonds is 12. The number of aromatic carboxylic acids is 1. The molecular weight excluding hydrogens is 418 g/mol. The molecule has 0 atom stereocenters. The summed E-state index contributed by atoms with van der Waals surface area (Å²) >= 11 is 0. The number of hydrogen-bond acceptors (Lipinski definition) is 8. The number of nitrogens with one attached hydrogen (secondary N) is 2. The van der Waals surface area contributed by atoms with Gasteiger partial charge in [-0.25, -0.2) is 4.79 Å². The molecular formula is C22H25N3O7. The molecule has 170 valence electrons. The highest BCUT2D eigenvalue weighted by Gasteiger charge is 2.20. The number of anilines is 2. The third-order valence-corrected chi connectivity index (χ3v) is 4.38. The average Bonchev–Trinajstić information content (AvgIpc) is 3.22. The summed E-state index contributed by atoms with van der Waals surface area (Å²) in [6.45, 7) is -0.132. The largest absolute Gasteiger partial charge is 0.497 e. The van der Waals surface area contributed by atoms with Crippen LogP contribution in [0.2, 0.25) is 0 Å². The van der Waals surface area contributed by atoms with E-state index in [4.69, 9.17) is 23.7 Å². The number of aromatic nitrogens is 2. The standard InChI is InChI=1S/C22H25N3O7/c1-28-12-31-17-10-18(21(22(26)27)19(11-17)32-13-29-2)23-20-9-15(24-25-20)7-14-5-4-6-16(8-14)30-3/h4-6,8-11H,7,12-13H2,1-3H3,(H,26,27)(H2,23,24,25). The van der Waals surface area contributed by atoms with Crippen LogP contribution in [0.3, 0.4) is 0 Å². The van der Waals surface area contributed by atoms with Crippen molar-refractivity contribution in [1.29, 1.82) is 0 Å². The molecule has 3 aromatic rings. The van der Waals surface area contributed by atoms with Crippen molar-refractivity contribution in [3.63, 3.8) is 0 Å². The first-order valence-corrected chi connectivity index (χ1v) is 9.63. The second-order valence-corrected chi connectivity index (χ2v) is 6.68. The smallest absolute Gasteiger partial charge is 0.341 e. The summed E-state index contributed by atoms with van der Waals surface area (Å²) in [4.78, 5) is 12.0. The lowest BCUT2D eigenvalue weighted by molar-refractivity contribution is 0.0447. The van der Waals surface area contributed by atoms with E-state index in [0.29, 0.717) is 18.0 Å². The molecule has 0 aliphatic heterocycles. The number of aromatic amines is 1. The molecule has 3 N–H and O–H groups in total. The minimum Gasteiger partial charge on any atom is -0.497 e. The Balaban J connectivity index is 1.87. The zero-order valence-corrected chi connectivity index (χ0v) is 18.0. The molecule has 0 spiro atoms. The number of ether oxygens (including phenoxy) is 5. The monoisotopic (exact) mass is 443 g/mol. The SMILES string of the molecule is COCOc1cc(Nc2cc(Cc3cccc(OC)c3)n[nH]2)c(C(=O)O)c(OCOC)c1. The van der Waals surface area contributed by atoms with Crippen molar-refractivity contribution in [3.8, 4) is 17.2 Å². The second kappa shape index (κ2) is 11.0. The zero-order chi connectivity index (χ0) is 22.9. The van der Waals surface area contributed by atoms with E-state index in [0.717, 1.165) is 17.0 Å². The van der Waals surface area contributed by atoms with Crippen LogP contribution in [0.15, 0.2) is 42.5 Å². The van der Waals surface area contributed by atoms with E-state index in [1.807, 2.05) is 24.3 Å². The minimum absolute atomic E-state index is 0.00960. The summed E-state index contributed by atoms with van der Waals surface area (Å²) in [6, 6.07) is 12.5. The molecule has 2 aromatic carbocycles. The Morgan fingerprint density at radius 1 is 1.03 bits per heavy atom. The highest BCUT2D eigenvalue weighted by molar-refractivity contribution is 5.98. The number of nitrogens with zero attached hydrogens (tertiary/aromatic N) is 1. The van der Waals surface area contributed by atoms with Crippen molar-refractivity contribution >= 4 is 17.5 Å². The fourth-order valence-electron chi connectivity index (χ4n) is 3.01. The number of hydrogen-bond donors (Lipinski definition) is 3. The van der Waals surface area contributed by atoms with Gasteiger partial charge >= 0.3 is 5.97 Å². The fourth-order valence-corrected chi connectivity index (χ4v) is 3.01. The van der Waals surface area contributed by atoms with Crippen LogP contribution in [-0.2, 0) is 15.9 Å². The maximum atomic E-state index is 12.0. The maximum Gasteiger partial charge on any atom is 0.341 e. The summed E-state index contributed by atoms with van der Waals surface area (Å²) in [5.41, 5.74) is 1.98. The third-order valence-electron chi connectivity index (χ3n) is 4.38. The van der Waals surface area contributed by atoms with Crippen LogP contribution in [0.5, 0.6) is 17.2 Å². The fraction of sp³-hybridized carbons (Fsp3) is 0.273. The van der Waals surface area contributed by atoms with Crippen molar-refractivity contribution in [1.82, 2.24) is 10.2 Å². The number of methoxy groups -OCH3 is 3. The molecule has 0 radical (unpaired) electrons. The molecule has 0 bridgehead atoms. The van der Waals surface area contributed by atoms with Crippen LogP contribution in [-0.4, -0.2) is 56.2 Å². The number of carboxylic acid groups (broad SMARTS) is 1. The van der Waals surface area contributed by atoms with E-state index < -0.39 is 5.97 Å². The molecule has 1 heterocycles. The van der Waals surface area contributed by atoms with Crippen LogP contribution in [0.25, 0.3) is 0 Å². The average molecular weight is 443 g/mol. The summed E-state index contributed by atoms with van der Waals surface area (Å²) in [7, 11) is 4.55. The van der Waals surface area contributed by atoms with E-state index >= 15 is 0 Å². The van der Waals surface area contributed by atoms with Gasteiger partial charge in [0, 0.05) is 38.8 Å². The molecule has 32 heavy (non-hydrogen) atoms. The molecule has 0 amide bonds. The first-order valence-electron chi connectivity index (χ1n) is 9.63. The van der Waals surface area contributed by atoms with Crippen LogP contribution in [0, 0.1) is 0 Å². The Morgan fingerprint density at radius 3 is 2.53 bits per heavy atom. The molecule has 0 saturated heterocycles. The van der Waals surface area contributed by atoms with Crippen molar-refractivity contribution in [2.24, 2.45) is 0 Å². The Morgan fingerprint density at radius 2 is 1.81 bits per heavy atom. The minimum atomic E-state index is -1.17. The molecule has 10 nitrogen and oxygen atoms in total. The van der Waals surface area contributed by atoms with Crippen molar-refractivity contribution in [3.05, 3.63) is 59.3 Å². The molecule has 0 aliphatic rings. The van der Waals surface area contributed by atoms with Crippen molar-refractivity contribution in [2.75, 3.05) is 40.2 Å². The zero-order valence-electron chi connectivity index (χ0n) is 18.0. The lowest BCUT2D eigenvalue weighted by atomic mass is 10.1. The van der Waals surface area contributed by atoms with E-state index in [1.54, 1.807) is 19.2 Å².